The fraction of sp³-hybridized carbons (Fsp3) is 0.556. The predicted octanol–water partition coefficient (Wildman–Crippen LogP) is 1.25. The van der Waals surface area contributed by atoms with E-state index < -0.39 is 17.1 Å². The van der Waals surface area contributed by atoms with E-state index in [-0.39, 0.29) is 29.9 Å². The van der Waals surface area contributed by atoms with Crippen molar-refractivity contribution in [3.63, 3.8) is 0 Å². The van der Waals surface area contributed by atoms with Crippen LogP contribution in [0, 0.1) is 18.7 Å². The molecule has 2 fully saturated rings. The fourth-order valence-electron chi connectivity index (χ4n) is 4.14. The molecule has 0 bridgehead atoms. The molecule has 4 N–H and O–H groups in total. The van der Waals surface area contributed by atoms with Crippen LogP contribution < -0.4 is 27.7 Å². The minimum atomic E-state index is -0.662. The van der Waals surface area contributed by atoms with E-state index in [2.05, 4.69) is 0 Å². The lowest BCUT2D eigenvalue weighted by molar-refractivity contribution is 0.487. The second kappa shape index (κ2) is 6.83. The van der Waals surface area contributed by atoms with Crippen molar-refractivity contribution in [2.45, 2.75) is 45.2 Å². The lowest BCUT2D eigenvalue weighted by Gasteiger charge is -2.24. The summed E-state index contributed by atoms with van der Waals surface area (Å²) in [5.74, 6) is 5.49. The molecule has 0 unspecified atom stereocenters. The predicted molar refractivity (Wildman–Crippen MR) is 107 cm³/mol. The monoisotopic (exact) mass is 397 g/mol. The molecule has 1 aliphatic heterocycles. The quantitative estimate of drug-likeness (QED) is 0.759. The van der Waals surface area contributed by atoms with Crippen molar-refractivity contribution in [2.75, 3.05) is 23.8 Å². The molecule has 7 nitrogen and oxygen atoms in total. The van der Waals surface area contributed by atoms with Crippen LogP contribution in [0.2, 0.25) is 0 Å². The van der Waals surface area contributed by atoms with Gasteiger partial charge in [0.15, 0.2) is 0 Å². The Bertz CT molecular complexity index is 1010. The van der Waals surface area contributed by atoms with Gasteiger partial charge in [0.1, 0.15) is 5.82 Å². The highest BCUT2D eigenvalue weighted by molar-refractivity contribution is 5.87. The number of fused-ring (bicyclic) bond motifs is 1. The highest BCUT2D eigenvalue weighted by Gasteiger charge is 2.32. The molecule has 1 aliphatic carbocycles. The number of anilines is 1. The summed E-state index contributed by atoms with van der Waals surface area (Å²) >= 11 is 0. The Morgan fingerprint density at radius 2 is 1.93 bits per heavy atom. The Labute approximate surface area is 162 Å². The second-order valence-electron chi connectivity index (χ2n) is 7.64. The summed E-state index contributed by atoms with van der Waals surface area (Å²) in [5.41, 5.74) is 6.39. The molecule has 9 heteroatoms. The first-order valence-electron chi connectivity index (χ1n) is 9.07. The van der Waals surface area contributed by atoms with E-state index in [1.165, 1.54) is 6.07 Å². The molecule has 2 atom stereocenters. The number of nitrogen functional groups attached to an aromatic ring is 1. The number of nitrogens with zero attached hydrogens (tertiary/aromatic N) is 3. The van der Waals surface area contributed by atoms with Crippen molar-refractivity contribution < 1.29 is 4.39 Å². The van der Waals surface area contributed by atoms with E-state index in [9.17, 15) is 14.0 Å². The number of hydrogen-bond donors (Lipinski definition) is 2. The zero-order valence-electron chi connectivity index (χ0n) is 15.4. The van der Waals surface area contributed by atoms with Crippen molar-refractivity contribution in [3.8, 4) is 0 Å². The van der Waals surface area contributed by atoms with Gasteiger partial charge in [-0.1, -0.05) is 0 Å². The van der Waals surface area contributed by atoms with Gasteiger partial charge < -0.3 is 16.5 Å². The number of benzene rings is 1. The molecule has 1 saturated heterocycles. The van der Waals surface area contributed by atoms with Crippen LogP contribution in [0.25, 0.3) is 10.9 Å². The molecular formula is C18H25ClFN5O2. The number of halogens is 2. The largest absolute Gasteiger partial charge is 0.369 e. The average Bonchev–Trinajstić information content (AvgIpc) is 3.30. The van der Waals surface area contributed by atoms with Gasteiger partial charge in [-0.15, -0.1) is 12.4 Å². The molecule has 1 saturated carbocycles. The standard InChI is InChI=1S/C18H24FN5O2.ClH/c1-9-15-13(17(25)24(21)18(26)23(15)12-3-4-12)7-14(19)16(9)22-6-5-11(8-22)10(2)20;/h7,10-12H,3-6,8,20-21H2,1-2H3;1H/t10-,11+;/m0./s1. The summed E-state index contributed by atoms with van der Waals surface area (Å²) in [4.78, 5) is 27.0. The van der Waals surface area contributed by atoms with Gasteiger partial charge in [-0.3, -0.25) is 9.36 Å². The number of aromatic nitrogens is 2. The average molecular weight is 398 g/mol. The van der Waals surface area contributed by atoms with Crippen LogP contribution >= 0.6 is 12.4 Å². The highest BCUT2D eigenvalue weighted by Crippen LogP contribution is 2.39. The maximum atomic E-state index is 15.0. The van der Waals surface area contributed by atoms with Crippen molar-refractivity contribution in [3.05, 3.63) is 38.3 Å². The van der Waals surface area contributed by atoms with Crippen LogP contribution in [0.5, 0.6) is 0 Å². The van der Waals surface area contributed by atoms with E-state index in [1.807, 2.05) is 11.8 Å². The van der Waals surface area contributed by atoms with Crippen LogP contribution in [0.1, 0.15) is 37.8 Å². The third-order valence-corrected chi connectivity index (χ3v) is 5.76. The molecule has 0 radical (unpaired) electrons. The van der Waals surface area contributed by atoms with E-state index in [4.69, 9.17) is 11.6 Å². The SMILES string of the molecule is Cc1c(N2CC[C@@H]([C@H](C)N)C2)c(F)cc2c(=O)n(N)c(=O)n(C3CC3)c12.Cl. The van der Waals surface area contributed by atoms with E-state index in [0.717, 1.165) is 19.3 Å². The van der Waals surface area contributed by atoms with Crippen molar-refractivity contribution in [2.24, 2.45) is 11.7 Å². The van der Waals surface area contributed by atoms with Gasteiger partial charge in [-0.25, -0.2) is 9.18 Å². The zero-order chi connectivity index (χ0) is 18.7. The first-order chi connectivity index (χ1) is 12.3. The summed E-state index contributed by atoms with van der Waals surface area (Å²) in [7, 11) is 0. The van der Waals surface area contributed by atoms with Gasteiger partial charge in [-0.2, -0.15) is 4.68 Å². The van der Waals surface area contributed by atoms with Crippen LogP contribution in [-0.4, -0.2) is 28.4 Å². The summed E-state index contributed by atoms with van der Waals surface area (Å²) in [6, 6.07) is 1.28. The molecule has 148 valence electrons. The van der Waals surface area contributed by atoms with Crippen LogP contribution in [0.4, 0.5) is 10.1 Å². The smallest absolute Gasteiger partial charge is 0.350 e. The minimum Gasteiger partial charge on any atom is -0.369 e. The number of rotatable bonds is 3. The molecule has 2 aliphatic rings. The number of nitrogens with two attached hydrogens (primary N) is 2. The summed E-state index contributed by atoms with van der Waals surface area (Å²) < 4.78 is 17.1. The van der Waals surface area contributed by atoms with Crippen molar-refractivity contribution in [1.82, 2.24) is 9.24 Å². The van der Waals surface area contributed by atoms with E-state index in [0.29, 0.717) is 40.5 Å². The molecule has 2 aromatic rings. The van der Waals surface area contributed by atoms with Crippen molar-refractivity contribution in [1.29, 1.82) is 0 Å². The van der Waals surface area contributed by atoms with Crippen LogP contribution in [0.15, 0.2) is 15.7 Å². The second-order valence-corrected chi connectivity index (χ2v) is 7.64. The summed E-state index contributed by atoms with van der Waals surface area (Å²) in [6.07, 6.45) is 2.61. The maximum absolute atomic E-state index is 15.0. The molecule has 27 heavy (non-hydrogen) atoms. The first kappa shape index (κ1) is 19.7. The summed E-state index contributed by atoms with van der Waals surface area (Å²) in [5, 5.41) is 0.153. The van der Waals surface area contributed by atoms with Crippen molar-refractivity contribution >= 4 is 29.0 Å². The van der Waals surface area contributed by atoms with Gasteiger partial charge in [0.2, 0.25) is 0 Å². The van der Waals surface area contributed by atoms with Gasteiger partial charge in [0.25, 0.3) is 5.56 Å². The summed E-state index contributed by atoms with van der Waals surface area (Å²) in [6.45, 7) is 5.12. The Hall–Kier alpha value is -2.06. The molecule has 1 aromatic carbocycles. The van der Waals surface area contributed by atoms with E-state index in [1.54, 1.807) is 11.5 Å². The lowest BCUT2D eigenvalue weighted by Crippen LogP contribution is -2.44. The zero-order valence-corrected chi connectivity index (χ0v) is 16.3. The number of aryl methyl sites for hydroxylation is 1. The van der Waals surface area contributed by atoms with Gasteiger partial charge in [0.05, 0.1) is 16.6 Å². The molecule has 2 heterocycles. The normalized spacial score (nSPS) is 20.7. The van der Waals surface area contributed by atoms with Gasteiger partial charge in [0, 0.05) is 30.7 Å². The van der Waals surface area contributed by atoms with Gasteiger partial charge in [-0.05, 0) is 45.1 Å². The fourth-order valence-corrected chi connectivity index (χ4v) is 4.14. The maximum Gasteiger partial charge on any atom is 0.350 e. The lowest BCUT2D eigenvalue weighted by atomic mass is 10.0. The molecule has 4 rings (SSSR count). The minimum absolute atomic E-state index is 0. The Kier molecular flexibility index (Phi) is 4.98. The Morgan fingerprint density at radius 3 is 2.48 bits per heavy atom. The Balaban J connectivity index is 0.00000210. The van der Waals surface area contributed by atoms with Crippen LogP contribution in [0.3, 0.4) is 0 Å². The number of hydrogen-bond acceptors (Lipinski definition) is 5. The van der Waals surface area contributed by atoms with E-state index >= 15 is 0 Å². The first-order valence-corrected chi connectivity index (χ1v) is 9.07. The molecule has 1 aromatic heterocycles. The third kappa shape index (κ3) is 3.00. The Morgan fingerprint density at radius 1 is 1.26 bits per heavy atom. The molecular weight excluding hydrogens is 373 g/mol. The molecule has 0 spiro atoms. The molecule has 0 amide bonds. The van der Waals surface area contributed by atoms with Crippen LogP contribution in [-0.2, 0) is 0 Å². The topological polar surface area (TPSA) is 99.3 Å². The van der Waals surface area contributed by atoms with Gasteiger partial charge >= 0.3 is 5.69 Å². The third-order valence-electron chi connectivity index (χ3n) is 5.76. The highest BCUT2D eigenvalue weighted by atomic mass is 35.5.